The zero-order chi connectivity index (χ0) is 28.2. The van der Waals surface area contributed by atoms with E-state index in [1.165, 1.54) is 18.3 Å². The first-order valence-electron chi connectivity index (χ1n) is 12.9. The van der Waals surface area contributed by atoms with Crippen molar-refractivity contribution in [2.75, 3.05) is 26.4 Å². The van der Waals surface area contributed by atoms with E-state index in [9.17, 15) is 4.79 Å². The van der Waals surface area contributed by atoms with Gasteiger partial charge in [-0.3, -0.25) is 0 Å². The van der Waals surface area contributed by atoms with E-state index >= 15 is 0 Å². The molecule has 0 aromatic heterocycles. The molecule has 0 amide bonds. The molecule has 1 saturated heterocycles. The summed E-state index contributed by atoms with van der Waals surface area (Å²) in [6.07, 6.45) is 0.925. The molecule has 1 aliphatic heterocycles. The van der Waals surface area contributed by atoms with Gasteiger partial charge in [0.1, 0.15) is 23.9 Å². The molecular formula is C31H34I3O5+. The topological polar surface area (TPSA) is 54.0 Å². The highest BCUT2D eigenvalue weighted by Gasteiger charge is 2.38. The van der Waals surface area contributed by atoms with Gasteiger partial charge in [-0.2, -0.15) is 0 Å². The maximum atomic E-state index is 12.2. The molecule has 3 aromatic rings. The standard InChI is InChI=1S/C31H34I3O5/c1-6-31(17-36-18-31)19-38-29(35)16-37-27-14-25(33)28(15-24(27)32)39-23-11-12-26(20(2)13-23)34-22-9-7-21(8-10-22)30(3,4)5/h7-15H,6,16-19H2,1-5H3/q+1. The minimum Gasteiger partial charge on any atom is -0.481 e. The van der Waals surface area contributed by atoms with E-state index in [0.717, 1.165) is 25.1 Å². The zero-order valence-electron chi connectivity index (χ0n) is 22.9. The van der Waals surface area contributed by atoms with Gasteiger partial charge in [0, 0.05) is 5.56 Å². The largest absolute Gasteiger partial charge is 0.481 e. The van der Waals surface area contributed by atoms with Gasteiger partial charge >= 0.3 is 27.2 Å². The molecule has 0 aliphatic carbocycles. The fourth-order valence-electron chi connectivity index (χ4n) is 3.94. The van der Waals surface area contributed by atoms with Crippen LogP contribution in [0.3, 0.4) is 0 Å². The van der Waals surface area contributed by atoms with Crippen LogP contribution in [0.5, 0.6) is 17.2 Å². The molecule has 0 bridgehead atoms. The van der Waals surface area contributed by atoms with Crippen LogP contribution < -0.4 is 30.7 Å². The maximum absolute atomic E-state index is 12.2. The van der Waals surface area contributed by atoms with Crippen LogP contribution in [0, 0.1) is 26.6 Å². The summed E-state index contributed by atoms with van der Waals surface area (Å²) in [5.74, 6) is 1.82. The summed E-state index contributed by atoms with van der Waals surface area (Å²) in [7, 11) is 0. The van der Waals surface area contributed by atoms with Gasteiger partial charge in [0.15, 0.2) is 13.7 Å². The number of carbonyl (C=O) groups is 1. The molecule has 208 valence electrons. The van der Waals surface area contributed by atoms with Crippen molar-refractivity contribution >= 4 is 51.2 Å². The molecule has 8 heteroatoms. The summed E-state index contributed by atoms with van der Waals surface area (Å²) in [6, 6.07) is 19.2. The second-order valence-corrected chi connectivity index (χ2v) is 16.1. The second kappa shape index (κ2) is 13.2. The predicted octanol–water partition coefficient (Wildman–Crippen LogP) is 4.77. The van der Waals surface area contributed by atoms with Gasteiger partial charge in [-0.25, -0.2) is 4.79 Å². The molecule has 0 spiro atoms. The number of hydrogen-bond acceptors (Lipinski definition) is 5. The van der Waals surface area contributed by atoms with Crippen LogP contribution in [0.2, 0.25) is 0 Å². The lowest BCUT2D eigenvalue weighted by atomic mass is 9.84. The number of benzene rings is 3. The number of aryl methyl sites for hydroxylation is 1. The van der Waals surface area contributed by atoms with Crippen LogP contribution >= 0.6 is 45.2 Å². The van der Waals surface area contributed by atoms with E-state index < -0.39 is 0 Å². The molecule has 3 aromatic carbocycles. The lowest BCUT2D eigenvalue weighted by molar-refractivity contribution is -0.598. The summed E-state index contributed by atoms with van der Waals surface area (Å²) in [5, 5.41) is 0. The van der Waals surface area contributed by atoms with Crippen LogP contribution in [0.4, 0.5) is 0 Å². The Morgan fingerprint density at radius 2 is 1.67 bits per heavy atom. The normalized spacial score (nSPS) is 14.4. The Hall–Kier alpha value is -1.12. The summed E-state index contributed by atoms with van der Waals surface area (Å²) in [4.78, 5) is 12.2. The number of hydrogen-bond donors (Lipinski definition) is 0. The first kappa shape index (κ1) is 30.8. The van der Waals surface area contributed by atoms with Gasteiger partial charge in [-0.05, 0) is 112 Å². The molecule has 0 unspecified atom stereocenters. The smallest absolute Gasteiger partial charge is 0.358 e. The zero-order valence-corrected chi connectivity index (χ0v) is 29.4. The highest BCUT2D eigenvalue weighted by molar-refractivity contribution is 14.1. The van der Waals surface area contributed by atoms with Crippen LogP contribution in [0.15, 0.2) is 54.6 Å². The molecule has 0 atom stereocenters. The average Bonchev–Trinajstić information content (AvgIpc) is 2.86. The number of esters is 1. The number of carbonyl (C=O) groups excluding carboxylic acids is 1. The summed E-state index contributed by atoms with van der Waals surface area (Å²) < 4.78 is 27.3. The molecule has 5 nitrogen and oxygen atoms in total. The van der Waals surface area contributed by atoms with E-state index in [4.69, 9.17) is 18.9 Å². The molecule has 0 N–H and O–H groups in total. The van der Waals surface area contributed by atoms with Crippen molar-refractivity contribution < 1.29 is 44.9 Å². The van der Waals surface area contributed by atoms with Crippen molar-refractivity contribution in [2.45, 2.75) is 46.5 Å². The van der Waals surface area contributed by atoms with Gasteiger partial charge in [-0.1, -0.05) is 39.8 Å². The minimum absolute atomic E-state index is 0.0333. The van der Waals surface area contributed by atoms with Gasteiger partial charge in [0.25, 0.3) is 0 Å². The lowest BCUT2D eigenvalue weighted by Gasteiger charge is -2.39. The molecule has 1 fully saturated rings. The van der Waals surface area contributed by atoms with Gasteiger partial charge < -0.3 is 18.9 Å². The number of ether oxygens (including phenoxy) is 4. The Bertz CT molecular complexity index is 1310. The monoisotopic (exact) mass is 867 g/mol. The Morgan fingerprint density at radius 3 is 2.26 bits per heavy atom. The minimum atomic E-state index is -0.371. The van der Waals surface area contributed by atoms with E-state index in [0.29, 0.717) is 25.6 Å². The summed E-state index contributed by atoms with van der Waals surface area (Å²) in [6.45, 7) is 12.5. The SMILES string of the molecule is CCC1(COC(=O)COc2cc(I)c(Oc3ccc([I+]c4ccc(C(C)(C)C)cc4)c(C)c3)cc2I)COC1. The fraction of sp³-hybridized carbons (Fsp3) is 0.387. The van der Waals surface area contributed by atoms with E-state index in [1.54, 1.807) is 0 Å². The van der Waals surface area contributed by atoms with Crippen molar-refractivity contribution in [2.24, 2.45) is 5.41 Å². The first-order valence-corrected chi connectivity index (χ1v) is 17.2. The van der Waals surface area contributed by atoms with E-state index in [-0.39, 0.29) is 44.6 Å². The van der Waals surface area contributed by atoms with Crippen LogP contribution in [0.1, 0.15) is 45.2 Å². The van der Waals surface area contributed by atoms with E-state index in [2.05, 4.69) is 116 Å². The van der Waals surface area contributed by atoms with Crippen LogP contribution in [-0.2, 0) is 19.7 Å². The number of rotatable bonds is 10. The highest BCUT2D eigenvalue weighted by atomic mass is 127. The Kier molecular flexibility index (Phi) is 10.5. The quantitative estimate of drug-likeness (QED) is 0.218. The third kappa shape index (κ3) is 8.22. The van der Waals surface area contributed by atoms with Crippen LogP contribution in [-0.4, -0.2) is 32.4 Å². The Morgan fingerprint density at radius 1 is 1.00 bits per heavy atom. The molecule has 1 heterocycles. The van der Waals surface area contributed by atoms with Gasteiger partial charge in [-0.15, -0.1) is 0 Å². The van der Waals surface area contributed by atoms with Crippen molar-refractivity contribution in [1.82, 2.24) is 0 Å². The highest BCUT2D eigenvalue weighted by Crippen LogP contribution is 2.34. The molecular weight excluding hydrogens is 833 g/mol. The Labute approximate surface area is 269 Å². The lowest BCUT2D eigenvalue weighted by Crippen LogP contribution is -3.61. The third-order valence-electron chi connectivity index (χ3n) is 6.72. The number of halogens is 3. The van der Waals surface area contributed by atoms with Crippen LogP contribution in [0.25, 0.3) is 0 Å². The molecule has 39 heavy (non-hydrogen) atoms. The van der Waals surface area contributed by atoms with E-state index in [1.807, 2.05) is 18.2 Å². The molecule has 4 rings (SSSR count). The fourth-order valence-corrected chi connectivity index (χ4v) is 7.41. The third-order valence-corrected chi connectivity index (χ3v) is 11.5. The second-order valence-electron chi connectivity index (χ2n) is 10.9. The first-order chi connectivity index (χ1) is 18.5. The van der Waals surface area contributed by atoms with Crippen molar-refractivity contribution in [3.05, 3.63) is 80.0 Å². The van der Waals surface area contributed by atoms with Crippen molar-refractivity contribution in [3.63, 3.8) is 0 Å². The molecule has 0 saturated carbocycles. The van der Waals surface area contributed by atoms with Gasteiger partial charge in [0.2, 0.25) is 0 Å². The predicted molar refractivity (Wildman–Crippen MR) is 166 cm³/mol. The van der Waals surface area contributed by atoms with Crippen molar-refractivity contribution in [3.8, 4) is 17.2 Å². The summed E-state index contributed by atoms with van der Waals surface area (Å²) in [5.41, 5.74) is 2.73. The summed E-state index contributed by atoms with van der Waals surface area (Å²) >= 11 is 4.17. The Balaban J connectivity index is 1.35. The van der Waals surface area contributed by atoms with Crippen molar-refractivity contribution in [1.29, 1.82) is 0 Å². The molecule has 0 radical (unpaired) electrons. The van der Waals surface area contributed by atoms with Gasteiger partial charge in [0.05, 0.1) is 25.8 Å². The molecule has 1 aliphatic rings. The maximum Gasteiger partial charge on any atom is 0.358 e. The average molecular weight is 867 g/mol.